The number of hydrogen-bond acceptors (Lipinski definition) is 2. The molecule has 2 rings (SSSR count). The van der Waals surface area contributed by atoms with Crippen LogP contribution in [0.4, 0.5) is 5.69 Å². The predicted molar refractivity (Wildman–Crippen MR) is 96.2 cm³/mol. The first-order valence-corrected chi connectivity index (χ1v) is 9.08. The van der Waals surface area contributed by atoms with Gasteiger partial charge in [-0.3, -0.25) is 0 Å². The maximum absolute atomic E-state index is 3.70. The van der Waals surface area contributed by atoms with Gasteiger partial charge >= 0.3 is 0 Å². The molecular formula is C19H27NS. The van der Waals surface area contributed by atoms with E-state index >= 15 is 0 Å². The lowest BCUT2D eigenvalue weighted by atomic mass is 10.1. The molecule has 0 amide bonds. The highest BCUT2D eigenvalue weighted by molar-refractivity contribution is 7.13. The fourth-order valence-electron chi connectivity index (χ4n) is 2.65. The van der Waals surface area contributed by atoms with Crippen LogP contribution in [0.1, 0.15) is 52.4 Å². The van der Waals surface area contributed by atoms with Crippen LogP contribution in [-0.2, 0) is 0 Å². The summed E-state index contributed by atoms with van der Waals surface area (Å²) in [5, 5.41) is 5.84. The van der Waals surface area contributed by atoms with Gasteiger partial charge in [-0.2, -0.15) is 0 Å². The van der Waals surface area contributed by atoms with Crippen molar-refractivity contribution in [3.8, 4) is 10.4 Å². The molecule has 0 aliphatic heterocycles. The van der Waals surface area contributed by atoms with Gasteiger partial charge in [0.1, 0.15) is 0 Å². The van der Waals surface area contributed by atoms with Gasteiger partial charge in [0.2, 0.25) is 0 Å². The van der Waals surface area contributed by atoms with Gasteiger partial charge in [0.15, 0.2) is 0 Å². The van der Waals surface area contributed by atoms with Gasteiger partial charge < -0.3 is 5.32 Å². The molecule has 0 bridgehead atoms. The first-order valence-electron chi connectivity index (χ1n) is 8.20. The molecule has 1 N–H and O–H groups in total. The highest BCUT2D eigenvalue weighted by Crippen LogP contribution is 2.31. The van der Waals surface area contributed by atoms with Gasteiger partial charge in [-0.25, -0.2) is 0 Å². The van der Waals surface area contributed by atoms with Crippen LogP contribution in [0, 0.1) is 0 Å². The maximum Gasteiger partial charge on any atom is 0.0430 e. The van der Waals surface area contributed by atoms with Gasteiger partial charge in [0, 0.05) is 22.2 Å². The Morgan fingerprint density at radius 2 is 1.81 bits per heavy atom. The molecule has 1 aromatic heterocycles. The molecule has 0 aliphatic carbocycles. The van der Waals surface area contributed by atoms with Crippen LogP contribution in [0.2, 0.25) is 0 Å². The summed E-state index contributed by atoms with van der Waals surface area (Å²) >= 11 is 1.80. The maximum atomic E-state index is 3.70. The van der Waals surface area contributed by atoms with E-state index in [1.54, 1.807) is 11.3 Å². The van der Waals surface area contributed by atoms with Crippen LogP contribution in [0.3, 0.4) is 0 Å². The molecule has 0 radical (unpaired) electrons. The molecule has 1 heterocycles. The number of para-hydroxylation sites is 1. The molecular weight excluding hydrogens is 274 g/mol. The van der Waals surface area contributed by atoms with Gasteiger partial charge in [0.05, 0.1) is 0 Å². The van der Waals surface area contributed by atoms with Crippen molar-refractivity contribution in [3.05, 3.63) is 41.8 Å². The summed E-state index contributed by atoms with van der Waals surface area (Å²) in [7, 11) is 0. The van der Waals surface area contributed by atoms with Crippen molar-refractivity contribution in [1.82, 2.24) is 0 Å². The van der Waals surface area contributed by atoms with Crippen LogP contribution >= 0.6 is 11.3 Å². The SMILES string of the molecule is CCCCCCCC(C)Nc1ccccc1-c1cccs1. The van der Waals surface area contributed by atoms with Gasteiger partial charge in [-0.15, -0.1) is 11.3 Å². The molecule has 0 saturated heterocycles. The van der Waals surface area contributed by atoms with Crippen LogP contribution in [0.25, 0.3) is 10.4 Å². The molecule has 0 fully saturated rings. The van der Waals surface area contributed by atoms with Crippen LogP contribution < -0.4 is 5.32 Å². The number of nitrogens with one attached hydrogen (secondary N) is 1. The largest absolute Gasteiger partial charge is 0.382 e. The third-order valence-corrected chi connectivity index (χ3v) is 4.76. The van der Waals surface area contributed by atoms with E-state index in [2.05, 4.69) is 60.9 Å². The third-order valence-electron chi connectivity index (χ3n) is 3.86. The molecule has 0 saturated carbocycles. The normalized spacial score (nSPS) is 12.3. The predicted octanol–water partition coefficient (Wildman–Crippen LogP) is 6.58. The molecule has 1 atom stereocenters. The minimum atomic E-state index is 0.535. The van der Waals surface area contributed by atoms with Crippen molar-refractivity contribution < 1.29 is 0 Å². The van der Waals surface area contributed by atoms with E-state index < -0.39 is 0 Å². The quantitative estimate of drug-likeness (QED) is 0.516. The second-order valence-corrected chi connectivity index (χ2v) is 6.72. The number of rotatable bonds is 9. The van der Waals surface area contributed by atoms with Crippen molar-refractivity contribution in [1.29, 1.82) is 0 Å². The lowest BCUT2D eigenvalue weighted by Crippen LogP contribution is -2.15. The van der Waals surface area contributed by atoms with E-state index in [0.29, 0.717) is 6.04 Å². The lowest BCUT2D eigenvalue weighted by molar-refractivity contribution is 0.578. The first kappa shape index (κ1) is 16.1. The van der Waals surface area contributed by atoms with E-state index in [9.17, 15) is 0 Å². The number of unbranched alkanes of at least 4 members (excludes halogenated alkanes) is 4. The minimum absolute atomic E-state index is 0.535. The zero-order chi connectivity index (χ0) is 14.9. The second-order valence-electron chi connectivity index (χ2n) is 5.77. The number of anilines is 1. The summed E-state index contributed by atoms with van der Waals surface area (Å²) in [5.74, 6) is 0. The van der Waals surface area contributed by atoms with Crippen LogP contribution in [0.15, 0.2) is 41.8 Å². The summed E-state index contributed by atoms with van der Waals surface area (Å²) in [6.07, 6.45) is 8.03. The average Bonchev–Trinajstić information content (AvgIpc) is 3.02. The van der Waals surface area contributed by atoms with Crippen molar-refractivity contribution in [3.63, 3.8) is 0 Å². The van der Waals surface area contributed by atoms with E-state index in [-0.39, 0.29) is 0 Å². The summed E-state index contributed by atoms with van der Waals surface area (Å²) in [6, 6.07) is 13.5. The van der Waals surface area contributed by atoms with Crippen molar-refractivity contribution in [2.45, 2.75) is 58.4 Å². The Morgan fingerprint density at radius 1 is 1.00 bits per heavy atom. The molecule has 21 heavy (non-hydrogen) atoms. The summed E-state index contributed by atoms with van der Waals surface area (Å²) in [4.78, 5) is 1.34. The minimum Gasteiger partial charge on any atom is -0.382 e. The smallest absolute Gasteiger partial charge is 0.0430 e. The van der Waals surface area contributed by atoms with E-state index in [0.717, 1.165) is 0 Å². The first-order chi connectivity index (χ1) is 10.3. The van der Waals surface area contributed by atoms with Gasteiger partial charge in [0.25, 0.3) is 0 Å². The Balaban J connectivity index is 1.88. The van der Waals surface area contributed by atoms with Crippen molar-refractivity contribution >= 4 is 17.0 Å². The Kier molecular flexibility index (Phi) is 6.81. The average molecular weight is 301 g/mol. The number of thiophene rings is 1. The van der Waals surface area contributed by atoms with E-state index in [1.807, 2.05) is 0 Å². The molecule has 114 valence electrons. The Morgan fingerprint density at radius 3 is 2.57 bits per heavy atom. The molecule has 2 heteroatoms. The standard InChI is InChI=1S/C19H27NS/c1-3-4-5-6-7-11-16(2)20-18-13-9-8-12-17(18)19-14-10-15-21-19/h8-10,12-16,20H,3-7,11H2,1-2H3. The molecule has 1 nitrogen and oxygen atoms in total. The fourth-order valence-corrected chi connectivity index (χ4v) is 3.41. The van der Waals surface area contributed by atoms with Gasteiger partial charge in [-0.1, -0.05) is 63.3 Å². The lowest BCUT2D eigenvalue weighted by Gasteiger charge is -2.17. The molecule has 0 aliphatic rings. The Bertz CT molecular complexity index is 504. The fraction of sp³-hybridized carbons (Fsp3) is 0.474. The van der Waals surface area contributed by atoms with Gasteiger partial charge in [-0.05, 0) is 30.9 Å². The second kappa shape index (κ2) is 8.89. The zero-order valence-corrected chi connectivity index (χ0v) is 14.1. The summed E-state index contributed by atoms with van der Waals surface area (Å²) in [6.45, 7) is 4.57. The Hall–Kier alpha value is -1.28. The topological polar surface area (TPSA) is 12.0 Å². The van der Waals surface area contributed by atoms with E-state index in [1.165, 1.54) is 54.7 Å². The zero-order valence-electron chi connectivity index (χ0n) is 13.3. The monoisotopic (exact) mass is 301 g/mol. The highest BCUT2D eigenvalue weighted by atomic mass is 32.1. The number of benzene rings is 1. The molecule has 2 aromatic rings. The summed E-state index contributed by atoms with van der Waals surface area (Å²) < 4.78 is 0. The van der Waals surface area contributed by atoms with E-state index in [4.69, 9.17) is 0 Å². The van der Waals surface area contributed by atoms with Crippen LogP contribution in [-0.4, -0.2) is 6.04 Å². The Labute approximate surface area is 133 Å². The highest BCUT2D eigenvalue weighted by Gasteiger charge is 2.08. The summed E-state index contributed by atoms with van der Waals surface area (Å²) in [5.41, 5.74) is 2.59. The molecule has 1 aromatic carbocycles. The molecule has 1 unspecified atom stereocenters. The van der Waals surface area contributed by atoms with Crippen LogP contribution in [0.5, 0.6) is 0 Å². The third kappa shape index (κ3) is 5.20. The number of hydrogen-bond donors (Lipinski definition) is 1. The van der Waals surface area contributed by atoms with Crippen molar-refractivity contribution in [2.75, 3.05) is 5.32 Å². The van der Waals surface area contributed by atoms with Crippen molar-refractivity contribution in [2.24, 2.45) is 0 Å². The molecule has 0 spiro atoms.